The summed E-state index contributed by atoms with van der Waals surface area (Å²) in [6.45, 7) is 6.09. The third-order valence-corrected chi connectivity index (χ3v) is 6.33. The van der Waals surface area contributed by atoms with Crippen LogP contribution >= 0.6 is 23.1 Å². The van der Waals surface area contributed by atoms with E-state index in [1.165, 1.54) is 41.5 Å². The second-order valence-corrected chi connectivity index (χ2v) is 8.25. The monoisotopic (exact) mass is 350 g/mol. The number of thiophene rings is 1. The molecular weight excluding hydrogens is 328 g/mol. The highest BCUT2D eigenvalue weighted by Crippen LogP contribution is 2.35. The molecule has 0 unspecified atom stereocenters. The van der Waals surface area contributed by atoms with Crippen LogP contribution in [-0.4, -0.2) is 27.8 Å². The Labute approximate surface area is 145 Å². The van der Waals surface area contributed by atoms with Crippen LogP contribution in [0.1, 0.15) is 48.4 Å². The fourth-order valence-corrected chi connectivity index (χ4v) is 5.00. The molecule has 0 aliphatic heterocycles. The first-order valence-corrected chi connectivity index (χ1v) is 9.91. The third kappa shape index (κ3) is 3.86. The number of carbonyl (C=O) groups excluding carboxylic acids is 1. The van der Waals surface area contributed by atoms with Crippen molar-refractivity contribution in [2.75, 3.05) is 5.75 Å². The molecule has 0 saturated heterocycles. The number of hydrogen-bond acceptors (Lipinski definition) is 6. The van der Waals surface area contributed by atoms with E-state index in [9.17, 15) is 4.79 Å². The van der Waals surface area contributed by atoms with Crippen LogP contribution in [0.2, 0.25) is 0 Å². The Balaban J connectivity index is 1.70. The first-order valence-electron chi connectivity index (χ1n) is 8.11. The van der Waals surface area contributed by atoms with Gasteiger partial charge < -0.3 is 4.74 Å². The topological polar surface area (TPSA) is 52.1 Å². The second kappa shape index (κ2) is 7.18. The summed E-state index contributed by atoms with van der Waals surface area (Å²) in [7, 11) is 0. The largest absolute Gasteiger partial charge is 0.462 e. The van der Waals surface area contributed by atoms with E-state index in [1.54, 1.807) is 11.3 Å². The van der Waals surface area contributed by atoms with E-state index in [2.05, 4.69) is 23.8 Å². The molecule has 1 aliphatic rings. The molecule has 23 heavy (non-hydrogen) atoms. The van der Waals surface area contributed by atoms with Crippen LogP contribution in [0.4, 0.5) is 0 Å². The molecule has 1 aliphatic carbocycles. The summed E-state index contributed by atoms with van der Waals surface area (Å²) in [5.41, 5.74) is 1.22. The molecule has 2 aromatic heterocycles. The maximum atomic E-state index is 12.1. The van der Waals surface area contributed by atoms with Gasteiger partial charge in [0.1, 0.15) is 21.8 Å². The van der Waals surface area contributed by atoms with Crippen molar-refractivity contribution >= 4 is 39.3 Å². The molecule has 6 heteroatoms. The van der Waals surface area contributed by atoms with Crippen LogP contribution in [0.25, 0.3) is 10.2 Å². The molecule has 3 rings (SSSR count). The summed E-state index contributed by atoms with van der Waals surface area (Å²) in [6.07, 6.45) is 5.74. The van der Waals surface area contributed by atoms with Crippen LogP contribution < -0.4 is 0 Å². The fraction of sp³-hybridized carbons (Fsp3) is 0.588. The minimum absolute atomic E-state index is 0.120. The summed E-state index contributed by atoms with van der Waals surface area (Å²) in [6, 6.07) is 0. The Bertz CT molecular complexity index is 721. The maximum Gasteiger partial charge on any atom is 0.316 e. The lowest BCUT2D eigenvalue weighted by molar-refractivity contribution is -0.147. The molecule has 1 fully saturated rings. The van der Waals surface area contributed by atoms with Gasteiger partial charge in [-0.1, -0.05) is 18.2 Å². The summed E-state index contributed by atoms with van der Waals surface area (Å²) in [5, 5.41) is 1.99. The highest BCUT2D eigenvalue weighted by Gasteiger charge is 2.19. The minimum Gasteiger partial charge on any atom is -0.462 e. The van der Waals surface area contributed by atoms with Crippen molar-refractivity contribution in [2.45, 2.75) is 64.0 Å². The summed E-state index contributed by atoms with van der Waals surface area (Å²) < 4.78 is 5.59. The number of esters is 1. The average Bonchev–Trinajstić information content (AvgIpc) is 2.80. The van der Waals surface area contributed by atoms with Crippen molar-refractivity contribution in [1.82, 2.24) is 9.97 Å². The van der Waals surface area contributed by atoms with Crippen LogP contribution in [0.15, 0.2) is 5.03 Å². The van der Waals surface area contributed by atoms with E-state index >= 15 is 0 Å². The Morgan fingerprint density at radius 3 is 2.70 bits per heavy atom. The van der Waals surface area contributed by atoms with Gasteiger partial charge in [-0.25, -0.2) is 9.97 Å². The van der Waals surface area contributed by atoms with Gasteiger partial charge in [-0.2, -0.15) is 0 Å². The van der Waals surface area contributed by atoms with Gasteiger partial charge in [0.15, 0.2) is 0 Å². The van der Waals surface area contributed by atoms with Crippen molar-refractivity contribution in [1.29, 1.82) is 0 Å². The van der Waals surface area contributed by atoms with Gasteiger partial charge >= 0.3 is 5.97 Å². The standard InChI is InChI=1S/C17H22N2O2S2/c1-10-11(2)23-17-15(10)16(18-12(3)19-17)22-9-14(20)21-13-7-5-4-6-8-13/h13H,4-9H2,1-3H3. The van der Waals surface area contributed by atoms with Crippen molar-refractivity contribution in [3.8, 4) is 0 Å². The van der Waals surface area contributed by atoms with E-state index in [0.717, 1.165) is 33.9 Å². The van der Waals surface area contributed by atoms with Gasteiger partial charge in [-0.05, 0) is 52.0 Å². The number of aryl methyl sites for hydroxylation is 3. The lowest BCUT2D eigenvalue weighted by atomic mass is 9.98. The van der Waals surface area contributed by atoms with Gasteiger partial charge in [0.05, 0.1) is 5.75 Å². The number of nitrogens with zero attached hydrogens (tertiary/aromatic N) is 2. The Kier molecular flexibility index (Phi) is 5.21. The van der Waals surface area contributed by atoms with Crippen molar-refractivity contribution in [2.24, 2.45) is 0 Å². The first-order chi connectivity index (χ1) is 11.0. The number of ether oxygens (including phenoxy) is 1. The van der Waals surface area contributed by atoms with Crippen molar-refractivity contribution < 1.29 is 9.53 Å². The predicted molar refractivity (Wildman–Crippen MR) is 95.3 cm³/mol. The maximum absolute atomic E-state index is 12.1. The van der Waals surface area contributed by atoms with Crippen LogP contribution in [0.3, 0.4) is 0 Å². The SMILES string of the molecule is Cc1nc(SCC(=O)OC2CCCCC2)c2c(C)c(C)sc2n1. The molecule has 124 valence electrons. The van der Waals surface area contributed by atoms with Gasteiger partial charge in [0.2, 0.25) is 0 Å². The van der Waals surface area contributed by atoms with Crippen LogP contribution in [0, 0.1) is 20.8 Å². The molecular formula is C17H22N2O2S2. The molecule has 0 bridgehead atoms. The Hall–Kier alpha value is -1.14. The molecule has 0 radical (unpaired) electrons. The van der Waals surface area contributed by atoms with Gasteiger partial charge in [-0.15, -0.1) is 11.3 Å². The fourth-order valence-electron chi connectivity index (χ4n) is 2.95. The second-order valence-electron chi connectivity index (χ2n) is 6.08. The Morgan fingerprint density at radius 1 is 1.22 bits per heavy atom. The average molecular weight is 351 g/mol. The molecule has 0 amide bonds. The van der Waals surface area contributed by atoms with E-state index < -0.39 is 0 Å². The minimum atomic E-state index is -0.129. The smallest absolute Gasteiger partial charge is 0.316 e. The summed E-state index contributed by atoms with van der Waals surface area (Å²) in [5.74, 6) is 0.939. The molecule has 0 spiro atoms. The van der Waals surface area contributed by atoms with E-state index in [0.29, 0.717) is 5.75 Å². The molecule has 4 nitrogen and oxygen atoms in total. The zero-order valence-electron chi connectivity index (χ0n) is 13.8. The van der Waals surface area contributed by atoms with E-state index in [-0.39, 0.29) is 12.1 Å². The lowest BCUT2D eigenvalue weighted by Crippen LogP contribution is -2.21. The first kappa shape index (κ1) is 16.7. The lowest BCUT2D eigenvalue weighted by Gasteiger charge is -2.21. The van der Waals surface area contributed by atoms with Crippen molar-refractivity contribution in [3.63, 3.8) is 0 Å². The molecule has 0 N–H and O–H groups in total. The summed E-state index contributed by atoms with van der Waals surface area (Å²) >= 11 is 3.16. The van der Waals surface area contributed by atoms with Crippen LogP contribution in [-0.2, 0) is 9.53 Å². The Morgan fingerprint density at radius 2 is 1.96 bits per heavy atom. The number of rotatable bonds is 4. The quantitative estimate of drug-likeness (QED) is 0.459. The van der Waals surface area contributed by atoms with E-state index in [4.69, 9.17) is 4.74 Å². The number of thioether (sulfide) groups is 1. The van der Waals surface area contributed by atoms with Gasteiger partial charge in [0.25, 0.3) is 0 Å². The zero-order valence-corrected chi connectivity index (χ0v) is 15.5. The van der Waals surface area contributed by atoms with Crippen molar-refractivity contribution in [3.05, 3.63) is 16.3 Å². The molecule has 0 aromatic carbocycles. The van der Waals surface area contributed by atoms with Crippen LogP contribution in [0.5, 0.6) is 0 Å². The molecule has 1 saturated carbocycles. The molecule has 0 atom stereocenters. The van der Waals surface area contributed by atoms with E-state index in [1.807, 2.05) is 6.92 Å². The highest BCUT2D eigenvalue weighted by atomic mass is 32.2. The van der Waals surface area contributed by atoms with Gasteiger partial charge in [0, 0.05) is 10.3 Å². The normalized spacial score (nSPS) is 16.0. The third-order valence-electron chi connectivity index (χ3n) is 4.28. The molecule has 2 aromatic rings. The number of hydrogen-bond donors (Lipinski definition) is 0. The number of carbonyl (C=O) groups is 1. The summed E-state index contributed by atoms with van der Waals surface area (Å²) in [4.78, 5) is 23.4. The highest BCUT2D eigenvalue weighted by molar-refractivity contribution is 8.00. The predicted octanol–water partition coefficient (Wildman–Crippen LogP) is 4.58. The number of aromatic nitrogens is 2. The van der Waals surface area contributed by atoms with Gasteiger partial charge in [-0.3, -0.25) is 4.79 Å². The zero-order chi connectivity index (χ0) is 16.4. The molecule has 2 heterocycles. The number of fused-ring (bicyclic) bond motifs is 1.